The number of anilines is 1. The van der Waals surface area contributed by atoms with Crippen LogP contribution in [0.25, 0.3) is 11.5 Å². The van der Waals surface area contributed by atoms with Gasteiger partial charge in [-0.15, -0.1) is 10.2 Å². The van der Waals surface area contributed by atoms with Gasteiger partial charge in [-0.3, -0.25) is 4.79 Å². The molecule has 22 heavy (non-hydrogen) atoms. The van der Waals surface area contributed by atoms with Crippen molar-refractivity contribution in [2.24, 2.45) is 0 Å². The van der Waals surface area contributed by atoms with Gasteiger partial charge in [0.1, 0.15) is 0 Å². The molecule has 0 spiro atoms. The summed E-state index contributed by atoms with van der Waals surface area (Å²) in [5.41, 5.74) is 3.68. The fraction of sp³-hybridized carbons (Fsp3) is 0.118. The Labute approximate surface area is 128 Å². The maximum absolute atomic E-state index is 12.1. The highest BCUT2D eigenvalue weighted by molar-refractivity contribution is 6.00. The first-order chi connectivity index (χ1) is 10.6. The van der Waals surface area contributed by atoms with E-state index < -0.39 is 5.91 Å². The summed E-state index contributed by atoms with van der Waals surface area (Å²) in [4.78, 5) is 12.1. The number of rotatable bonds is 3. The first kappa shape index (κ1) is 14.0. The maximum Gasteiger partial charge on any atom is 0.313 e. The third kappa shape index (κ3) is 3.03. The molecule has 1 aromatic heterocycles. The van der Waals surface area contributed by atoms with Crippen LogP contribution >= 0.6 is 0 Å². The van der Waals surface area contributed by atoms with Crippen LogP contribution in [0.1, 0.15) is 21.8 Å². The molecule has 2 aromatic carbocycles. The van der Waals surface area contributed by atoms with Crippen LogP contribution < -0.4 is 5.32 Å². The summed E-state index contributed by atoms with van der Waals surface area (Å²) in [5, 5.41) is 10.5. The average Bonchev–Trinajstić information content (AvgIpc) is 2.98. The summed E-state index contributed by atoms with van der Waals surface area (Å²) < 4.78 is 5.44. The lowest BCUT2D eigenvalue weighted by Crippen LogP contribution is -2.12. The number of nitrogens with one attached hydrogen (secondary N) is 1. The molecule has 0 unspecified atom stereocenters. The number of benzene rings is 2. The van der Waals surface area contributed by atoms with Crippen LogP contribution in [0, 0.1) is 13.8 Å². The van der Waals surface area contributed by atoms with Crippen LogP contribution in [0.4, 0.5) is 5.69 Å². The Hall–Kier alpha value is -2.95. The lowest BCUT2D eigenvalue weighted by molar-refractivity contribution is 0.0991. The first-order valence-electron chi connectivity index (χ1n) is 6.90. The molecular formula is C17H15N3O2. The Balaban J connectivity index is 1.78. The Morgan fingerprint density at radius 3 is 2.50 bits per heavy atom. The third-order valence-corrected chi connectivity index (χ3v) is 3.19. The van der Waals surface area contributed by atoms with Crippen LogP contribution in [0.3, 0.4) is 0 Å². The first-order valence-corrected chi connectivity index (χ1v) is 6.90. The molecule has 0 saturated carbocycles. The van der Waals surface area contributed by atoms with Gasteiger partial charge >= 0.3 is 11.8 Å². The molecule has 3 aromatic rings. The lowest BCUT2D eigenvalue weighted by Gasteiger charge is -2.02. The molecule has 1 heterocycles. The number of nitrogens with zero attached hydrogens (tertiary/aromatic N) is 2. The predicted octanol–water partition coefficient (Wildman–Crippen LogP) is 3.61. The number of carbonyl (C=O) groups excluding carboxylic acids is 1. The molecule has 0 bridgehead atoms. The molecule has 1 N–H and O–H groups in total. The van der Waals surface area contributed by atoms with Crippen molar-refractivity contribution in [1.29, 1.82) is 0 Å². The van der Waals surface area contributed by atoms with Crippen molar-refractivity contribution in [2.45, 2.75) is 13.8 Å². The zero-order valence-corrected chi connectivity index (χ0v) is 12.3. The molecular weight excluding hydrogens is 278 g/mol. The van der Waals surface area contributed by atoms with Gasteiger partial charge in [-0.1, -0.05) is 29.8 Å². The topological polar surface area (TPSA) is 68.0 Å². The molecule has 0 aliphatic rings. The fourth-order valence-electron chi connectivity index (χ4n) is 2.04. The van der Waals surface area contributed by atoms with Crippen molar-refractivity contribution in [2.75, 3.05) is 5.32 Å². The summed E-state index contributed by atoms with van der Waals surface area (Å²) in [6.07, 6.45) is 0. The Bertz CT molecular complexity index is 807. The van der Waals surface area contributed by atoms with Crippen molar-refractivity contribution in [3.63, 3.8) is 0 Å². The molecule has 0 atom stereocenters. The van der Waals surface area contributed by atoms with Gasteiger partial charge in [0.05, 0.1) is 0 Å². The van der Waals surface area contributed by atoms with Gasteiger partial charge in [-0.05, 0) is 43.7 Å². The molecule has 0 aliphatic carbocycles. The van der Waals surface area contributed by atoms with E-state index in [0.29, 0.717) is 11.6 Å². The quantitative estimate of drug-likeness (QED) is 0.801. The molecule has 0 saturated heterocycles. The SMILES string of the molecule is Cc1ccc(-c2nnc(C(=O)Nc3cccc(C)c3)o2)cc1. The van der Waals surface area contributed by atoms with Crippen molar-refractivity contribution in [3.8, 4) is 11.5 Å². The van der Waals surface area contributed by atoms with Gasteiger partial charge < -0.3 is 9.73 Å². The monoisotopic (exact) mass is 293 g/mol. The predicted molar refractivity (Wildman–Crippen MR) is 83.6 cm³/mol. The minimum atomic E-state index is -0.420. The van der Waals surface area contributed by atoms with E-state index in [4.69, 9.17) is 4.42 Å². The Kier molecular flexibility index (Phi) is 3.70. The number of hydrogen-bond donors (Lipinski definition) is 1. The van der Waals surface area contributed by atoms with Gasteiger partial charge in [0.15, 0.2) is 0 Å². The highest BCUT2D eigenvalue weighted by atomic mass is 16.4. The van der Waals surface area contributed by atoms with Crippen LogP contribution in [0.2, 0.25) is 0 Å². The summed E-state index contributed by atoms with van der Waals surface area (Å²) in [5.74, 6) is -0.150. The third-order valence-electron chi connectivity index (χ3n) is 3.19. The van der Waals surface area contributed by atoms with Crippen molar-refractivity contribution in [3.05, 3.63) is 65.5 Å². The van der Waals surface area contributed by atoms with Crippen LogP contribution in [0.5, 0.6) is 0 Å². The summed E-state index contributed by atoms with van der Waals surface area (Å²) in [7, 11) is 0. The standard InChI is InChI=1S/C17H15N3O2/c1-11-6-8-13(9-7-11)16-19-20-17(22-16)15(21)18-14-5-3-4-12(2)10-14/h3-10H,1-2H3,(H,18,21). The number of aromatic nitrogens is 2. The highest BCUT2D eigenvalue weighted by Crippen LogP contribution is 2.19. The van der Waals surface area contributed by atoms with Crippen LogP contribution in [-0.4, -0.2) is 16.1 Å². The fourth-order valence-corrected chi connectivity index (χ4v) is 2.04. The molecule has 5 heteroatoms. The number of carbonyl (C=O) groups is 1. The lowest BCUT2D eigenvalue weighted by atomic mass is 10.1. The Morgan fingerprint density at radius 1 is 1.00 bits per heavy atom. The van der Waals surface area contributed by atoms with Crippen molar-refractivity contribution >= 4 is 11.6 Å². The largest absolute Gasteiger partial charge is 0.412 e. The average molecular weight is 293 g/mol. The molecule has 0 radical (unpaired) electrons. The minimum absolute atomic E-state index is 0.0583. The number of aryl methyl sites for hydroxylation is 2. The van der Waals surface area contributed by atoms with Gasteiger partial charge in [0.2, 0.25) is 5.89 Å². The van der Waals surface area contributed by atoms with Crippen molar-refractivity contribution < 1.29 is 9.21 Å². The second-order valence-electron chi connectivity index (χ2n) is 5.10. The molecule has 1 amide bonds. The van der Waals surface area contributed by atoms with E-state index >= 15 is 0 Å². The second-order valence-corrected chi connectivity index (χ2v) is 5.10. The summed E-state index contributed by atoms with van der Waals surface area (Å²) in [6.45, 7) is 3.95. The van der Waals surface area contributed by atoms with E-state index in [0.717, 1.165) is 16.7 Å². The number of amides is 1. The molecule has 110 valence electrons. The van der Waals surface area contributed by atoms with E-state index in [-0.39, 0.29) is 5.89 Å². The molecule has 3 rings (SSSR count). The maximum atomic E-state index is 12.1. The molecule has 0 aliphatic heterocycles. The normalized spacial score (nSPS) is 10.5. The van der Waals surface area contributed by atoms with Gasteiger partial charge in [0.25, 0.3) is 0 Å². The van der Waals surface area contributed by atoms with Crippen LogP contribution in [0.15, 0.2) is 52.9 Å². The summed E-state index contributed by atoms with van der Waals surface area (Å²) >= 11 is 0. The molecule has 5 nitrogen and oxygen atoms in total. The van der Waals surface area contributed by atoms with E-state index in [9.17, 15) is 4.79 Å². The van der Waals surface area contributed by atoms with E-state index in [1.54, 1.807) is 0 Å². The van der Waals surface area contributed by atoms with Crippen molar-refractivity contribution in [1.82, 2.24) is 10.2 Å². The smallest absolute Gasteiger partial charge is 0.313 e. The van der Waals surface area contributed by atoms with Crippen LogP contribution in [-0.2, 0) is 0 Å². The van der Waals surface area contributed by atoms with E-state index in [1.165, 1.54) is 0 Å². The Morgan fingerprint density at radius 2 is 1.77 bits per heavy atom. The summed E-state index contributed by atoms with van der Waals surface area (Å²) in [6, 6.07) is 15.2. The van der Waals surface area contributed by atoms with Gasteiger partial charge in [-0.2, -0.15) is 0 Å². The van der Waals surface area contributed by atoms with Gasteiger partial charge in [0, 0.05) is 11.3 Å². The van der Waals surface area contributed by atoms with E-state index in [1.807, 2.05) is 62.4 Å². The second kappa shape index (κ2) is 5.81. The van der Waals surface area contributed by atoms with Gasteiger partial charge in [-0.25, -0.2) is 0 Å². The number of hydrogen-bond acceptors (Lipinski definition) is 4. The minimum Gasteiger partial charge on any atom is -0.412 e. The zero-order valence-electron chi connectivity index (χ0n) is 12.3. The highest BCUT2D eigenvalue weighted by Gasteiger charge is 2.16. The molecule has 0 fully saturated rings. The van der Waals surface area contributed by atoms with E-state index in [2.05, 4.69) is 15.5 Å². The zero-order chi connectivity index (χ0) is 15.5.